The number of ketones is 1. The Kier molecular flexibility index (Phi) is 4.69. The van der Waals surface area contributed by atoms with Crippen LogP contribution < -0.4 is 14.4 Å². The molecule has 1 amide bonds. The molecule has 1 aliphatic heterocycles. The van der Waals surface area contributed by atoms with E-state index in [0.29, 0.717) is 35.8 Å². The summed E-state index contributed by atoms with van der Waals surface area (Å²) < 4.78 is 33.2. The van der Waals surface area contributed by atoms with Crippen LogP contribution in [-0.4, -0.2) is 33.3 Å². The van der Waals surface area contributed by atoms with Gasteiger partial charge in [0.05, 0.1) is 22.8 Å². The van der Waals surface area contributed by atoms with Crippen molar-refractivity contribution in [3.8, 4) is 5.75 Å². The molecule has 8 heteroatoms. The molecule has 0 aliphatic carbocycles. The molecule has 2 aromatic rings. The van der Waals surface area contributed by atoms with Crippen molar-refractivity contribution in [1.29, 1.82) is 0 Å². The van der Waals surface area contributed by atoms with Gasteiger partial charge in [-0.1, -0.05) is 12.1 Å². The molecule has 0 atom stereocenters. The molecule has 1 heterocycles. The number of Topliss-reactive ketones (excluding diaryl/α,β-unsaturated/α-hetero) is 1. The second kappa shape index (κ2) is 6.80. The van der Waals surface area contributed by atoms with E-state index >= 15 is 0 Å². The molecule has 0 unspecified atom stereocenters. The zero-order valence-corrected chi connectivity index (χ0v) is 15.2. The maximum Gasteiger partial charge on any atom is 0.261 e. The average molecular weight is 374 g/mol. The highest BCUT2D eigenvalue weighted by molar-refractivity contribution is 7.92. The molecule has 0 aromatic heterocycles. The topological polar surface area (TPSA) is 92.8 Å². The molecule has 2 aromatic carbocycles. The van der Waals surface area contributed by atoms with Crippen LogP contribution in [-0.2, 0) is 14.8 Å². The van der Waals surface area contributed by atoms with Gasteiger partial charge in [0.25, 0.3) is 10.0 Å². The number of benzene rings is 2. The molecule has 1 N–H and O–H groups in total. The monoisotopic (exact) mass is 374 g/mol. The van der Waals surface area contributed by atoms with Crippen molar-refractivity contribution < 1.29 is 22.7 Å². The fraction of sp³-hybridized carbons (Fsp3) is 0.222. The minimum atomic E-state index is -3.86. The number of ether oxygens (including phenoxy) is 1. The van der Waals surface area contributed by atoms with Gasteiger partial charge >= 0.3 is 0 Å². The summed E-state index contributed by atoms with van der Waals surface area (Å²) in [6, 6.07) is 10.6. The van der Waals surface area contributed by atoms with E-state index in [1.165, 1.54) is 38.1 Å². The maximum atomic E-state index is 12.6. The Morgan fingerprint density at radius 3 is 2.58 bits per heavy atom. The largest absolute Gasteiger partial charge is 0.489 e. The van der Waals surface area contributed by atoms with Crippen molar-refractivity contribution in [2.75, 3.05) is 22.8 Å². The van der Waals surface area contributed by atoms with Crippen molar-refractivity contribution in [2.24, 2.45) is 0 Å². The number of carbonyl (C=O) groups is 2. The van der Waals surface area contributed by atoms with Crippen LogP contribution in [0.1, 0.15) is 24.2 Å². The first-order valence-electron chi connectivity index (χ1n) is 7.97. The van der Waals surface area contributed by atoms with E-state index in [-0.39, 0.29) is 16.6 Å². The fourth-order valence-electron chi connectivity index (χ4n) is 2.71. The van der Waals surface area contributed by atoms with Crippen LogP contribution in [0, 0.1) is 0 Å². The number of sulfonamides is 1. The minimum absolute atomic E-state index is 0.00537. The van der Waals surface area contributed by atoms with Gasteiger partial charge in [-0.25, -0.2) is 8.42 Å². The Balaban J connectivity index is 1.90. The summed E-state index contributed by atoms with van der Waals surface area (Å²) in [6.07, 6.45) is 0. The van der Waals surface area contributed by atoms with Crippen LogP contribution in [0.5, 0.6) is 5.75 Å². The summed E-state index contributed by atoms with van der Waals surface area (Å²) in [7, 11) is -3.86. The lowest BCUT2D eigenvalue weighted by atomic mass is 10.2. The molecular formula is C18H18N2O5S. The number of nitrogens with one attached hydrogen (secondary N) is 1. The van der Waals surface area contributed by atoms with Crippen molar-refractivity contribution in [2.45, 2.75) is 18.7 Å². The fourth-order valence-corrected chi connectivity index (χ4v) is 3.80. The van der Waals surface area contributed by atoms with Gasteiger partial charge in [0.15, 0.2) is 5.78 Å². The highest BCUT2D eigenvalue weighted by Gasteiger charge is 2.22. The summed E-state index contributed by atoms with van der Waals surface area (Å²) in [6.45, 7) is 3.63. The van der Waals surface area contributed by atoms with E-state index < -0.39 is 10.0 Å². The van der Waals surface area contributed by atoms with E-state index in [0.717, 1.165) is 0 Å². The summed E-state index contributed by atoms with van der Waals surface area (Å²) in [5.74, 6) is 0.113. The number of nitrogens with zero attached hydrogens (tertiary/aromatic N) is 1. The highest BCUT2D eigenvalue weighted by Crippen LogP contribution is 2.34. The van der Waals surface area contributed by atoms with Crippen LogP contribution in [0.3, 0.4) is 0 Å². The van der Waals surface area contributed by atoms with Crippen LogP contribution in [0.4, 0.5) is 11.4 Å². The van der Waals surface area contributed by atoms with Gasteiger partial charge in [0.1, 0.15) is 12.4 Å². The normalized spacial score (nSPS) is 13.5. The lowest BCUT2D eigenvalue weighted by Gasteiger charge is -2.29. The molecular weight excluding hydrogens is 356 g/mol. The van der Waals surface area contributed by atoms with Gasteiger partial charge in [0, 0.05) is 18.6 Å². The van der Waals surface area contributed by atoms with E-state index in [2.05, 4.69) is 4.72 Å². The molecule has 0 spiro atoms. The summed E-state index contributed by atoms with van der Waals surface area (Å²) in [5, 5.41) is 0. The number of fused-ring (bicyclic) bond motifs is 1. The number of anilines is 2. The number of hydrogen-bond donors (Lipinski definition) is 1. The highest BCUT2D eigenvalue weighted by atomic mass is 32.2. The van der Waals surface area contributed by atoms with Crippen LogP contribution in [0.2, 0.25) is 0 Å². The SMILES string of the molecule is CC(=O)c1cccc(S(=O)(=O)Nc2ccc3c(c2)OCCN3C(C)=O)c1. The number of rotatable bonds is 4. The smallest absolute Gasteiger partial charge is 0.261 e. The third kappa shape index (κ3) is 3.55. The van der Waals surface area contributed by atoms with E-state index in [9.17, 15) is 18.0 Å². The first-order chi connectivity index (χ1) is 12.3. The Bertz CT molecular complexity index is 985. The maximum absolute atomic E-state index is 12.6. The molecule has 0 fully saturated rings. The summed E-state index contributed by atoms with van der Waals surface area (Å²) >= 11 is 0. The zero-order chi connectivity index (χ0) is 18.9. The Hall–Kier alpha value is -2.87. The Morgan fingerprint density at radius 1 is 1.12 bits per heavy atom. The van der Waals surface area contributed by atoms with Crippen LogP contribution in [0.25, 0.3) is 0 Å². The third-order valence-corrected chi connectivity index (χ3v) is 5.39. The van der Waals surface area contributed by atoms with E-state index in [1.807, 2.05) is 0 Å². The first kappa shape index (κ1) is 17.9. The molecule has 0 saturated heterocycles. The van der Waals surface area contributed by atoms with Crippen molar-refractivity contribution in [3.63, 3.8) is 0 Å². The van der Waals surface area contributed by atoms with Gasteiger partial charge in [-0.15, -0.1) is 0 Å². The van der Waals surface area contributed by atoms with Crippen molar-refractivity contribution in [1.82, 2.24) is 0 Å². The average Bonchev–Trinajstić information content (AvgIpc) is 2.60. The van der Waals surface area contributed by atoms with E-state index in [4.69, 9.17) is 4.74 Å². The molecule has 26 heavy (non-hydrogen) atoms. The predicted molar refractivity (Wildman–Crippen MR) is 97.2 cm³/mol. The second-order valence-corrected chi connectivity index (χ2v) is 7.57. The lowest BCUT2D eigenvalue weighted by Crippen LogP contribution is -2.36. The quantitative estimate of drug-likeness (QED) is 0.830. The standard InChI is InChI=1S/C18H18N2O5S/c1-12(21)14-4-3-5-16(10-14)26(23,24)19-15-6-7-17-18(11-15)25-9-8-20(17)13(2)22/h3-7,10-11,19H,8-9H2,1-2H3. The van der Waals surface area contributed by atoms with Gasteiger partial charge in [-0.05, 0) is 31.2 Å². The van der Waals surface area contributed by atoms with Gasteiger partial charge < -0.3 is 9.64 Å². The molecule has 0 saturated carbocycles. The Labute approximate surface area is 151 Å². The first-order valence-corrected chi connectivity index (χ1v) is 9.45. The number of carbonyl (C=O) groups excluding carboxylic acids is 2. The van der Waals surface area contributed by atoms with E-state index in [1.54, 1.807) is 23.1 Å². The zero-order valence-electron chi connectivity index (χ0n) is 14.4. The second-order valence-electron chi connectivity index (χ2n) is 5.89. The molecule has 136 valence electrons. The molecule has 7 nitrogen and oxygen atoms in total. The number of hydrogen-bond acceptors (Lipinski definition) is 5. The molecule has 0 radical (unpaired) electrons. The third-order valence-electron chi connectivity index (χ3n) is 4.01. The van der Waals surface area contributed by atoms with Crippen molar-refractivity contribution >= 4 is 33.1 Å². The molecule has 0 bridgehead atoms. The lowest BCUT2D eigenvalue weighted by molar-refractivity contribution is -0.116. The van der Waals surface area contributed by atoms with Crippen molar-refractivity contribution in [3.05, 3.63) is 48.0 Å². The van der Waals surface area contributed by atoms with Gasteiger partial charge in [-0.2, -0.15) is 0 Å². The minimum Gasteiger partial charge on any atom is -0.489 e. The predicted octanol–water partition coefficient (Wildman–Crippen LogP) is 2.44. The Morgan fingerprint density at radius 2 is 1.88 bits per heavy atom. The molecule has 3 rings (SSSR count). The van der Waals surface area contributed by atoms with Gasteiger partial charge in [0.2, 0.25) is 5.91 Å². The number of amides is 1. The summed E-state index contributed by atoms with van der Waals surface area (Å²) in [4.78, 5) is 24.7. The van der Waals surface area contributed by atoms with Crippen LogP contribution >= 0.6 is 0 Å². The van der Waals surface area contributed by atoms with Crippen LogP contribution in [0.15, 0.2) is 47.4 Å². The van der Waals surface area contributed by atoms with Gasteiger partial charge in [-0.3, -0.25) is 14.3 Å². The molecule has 1 aliphatic rings. The summed E-state index contributed by atoms with van der Waals surface area (Å²) in [5.41, 5.74) is 1.23.